The molecule has 1 aromatic rings. The number of fused-ring (bicyclic) bond motifs is 1. The highest BCUT2D eigenvalue weighted by Crippen LogP contribution is 2.09. The Morgan fingerprint density at radius 1 is 1.46 bits per heavy atom. The fourth-order valence-electron chi connectivity index (χ4n) is 1.50. The number of ether oxygens (including phenoxy) is 1. The van der Waals surface area contributed by atoms with E-state index in [1.54, 1.807) is 7.05 Å². The van der Waals surface area contributed by atoms with Crippen molar-refractivity contribution >= 4 is 0 Å². The molecule has 0 spiro atoms. The van der Waals surface area contributed by atoms with Crippen LogP contribution in [0, 0.1) is 0 Å². The van der Waals surface area contributed by atoms with Crippen LogP contribution in [0.15, 0.2) is 9.59 Å². The molecule has 0 saturated carbocycles. The molecule has 1 N–H and O–H groups in total. The SMILES string of the molecule is Cn1c2c(c(=O)[nH]c1=O)CCOC2. The van der Waals surface area contributed by atoms with E-state index in [1.165, 1.54) is 4.57 Å². The molecule has 5 nitrogen and oxygen atoms in total. The third-order valence-electron chi connectivity index (χ3n) is 2.29. The molecular weight excluding hydrogens is 172 g/mol. The molecule has 0 saturated heterocycles. The first-order valence-corrected chi connectivity index (χ1v) is 4.09. The van der Waals surface area contributed by atoms with Gasteiger partial charge in [-0.3, -0.25) is 14.3 Å². The van der Waals surface area contributed by atoms with Crippen molar-refractivity contribution in [1.82, 2.24) is 9.55 Å². The van der Waals surface area contributed by atoms with E-state index >= 15 is 0 Å². The molecule has 0 atom stereocenters. The molecule has 0 aliphatic carbocycles. The highest BCUT2D eigenvalue weighted by atomic mass is 16.5. The molecular formula is C8H10N2O3. The van der Waals surface area contributed by atoms with E-state index in [2.05, 4.69) is 4.98 Å². The van der Waals surface area contributed by atoms with Gasteiger partial charge in [0.25, 0.3) is 5.56 Å². The van der Waals surface area contributed by atoms with Crippen LogP contribution in [0.3, 0.4) is 0 Å². The summed E-state index contributed by atoms with van der Waals surface area (Å²) in [5.74, 6) is 0. The minimum Gasteiger partial charge on any atom is -0.375 e. The van der Waals surface area contributed by atoms with Crippen LogP contribution in [0.5, 0.6) is 0 Å². The zero-order valence-corrected chi connectivity index (χ0v) is 7.29. The van der Waals surface area contributed by atoms with Gasteiger partial charge in [-0.1, -0.05) is 0 Å². The Kier molecular flexibility index (Phi) is 1.81. The number of hydrogen-bond donors (Lipinski definition) is 1. The summed E-state index contributed by atoms with van der Waals surface area (Å²) in [5.41, 5.74) is 0.712. The lowest BCUT2D eigenvalue weighted by Gasteiger charge is -2.17. The van der Waals surface area contributed by atoms with E-state index < -0.39 is 0 Å². The molecule has 2 heterocycles. The summed E-state index contributed by atoms with van der Waals surface area (Å²) in [6.45, 7) is 0.902. The summed E-state index contributed by atoms with van der Waals surface area (Å²) in [6, 6.07) is 0. The Bertz CT molecular complexity index is 444. The third kappa shape index (κ3) is 1.21. The van der Waals surface area contributed by atoms with Crippen LogP contribution < -0.4 is 11.2 Å². The van der Waals surface area contributed by atoms with Gasteiger partial charge in [0.1, 0.15) is 0 Å². The fraction of sp³-hybridized carbons (Fsp3) is 0.500. The van der Waals surface area contributed by atoms with Crippen molar-refractivity contribution in [2.75, 3.05) is 6.61 Å². The predicted molar refractivity (Wildman–Crippen MR) is 45.7 cm³/mol. The van der Waals surface area contributed by atoms with Crippen LogP contribution in [-0.4, -0.2) is 16.2 Å². The van der Waals surface area contributed by atoms with Crippen LogP contribution >= 0.6 is 0 Å². The maximum atomic E-state index is 11.3. The minimum absolute atomic E-state index is 0.276. The molecule has 0 bridgehead atoms. The first-order chi connectivity index (χ1) is 6.20. The number of aromatic amines is 1. The number of nitrogens with zero attached hydrogens (tertiary/aromatic N) is 1. The average molecular weight is 182 g/mol. The molecule has 0 aromatic carbocycles. The van der Waals surface area contributed by atoms with Crippen molar-refractivity contribution in [2.45, 2.75) is 13.0 Å². The number of nitrogens with one attached hydrogen (secondary N) is 1. The van der Waals surface area contributed by atoms with E-state index in [4.69, 9.17) is 4.74 Å². The standard InChI is InChI=1S/C8H10N2O3/c1-10-6-4-13-3-2-5(6)7(11)9-8(10)12/h2-4H2,1H3,(H,9,11,12). The van der Waals surface area contributed by atoms with Crippen molar-refractivity contribution in [2.24, 2.45) is 7.05 Å². The summed E-state index contributed by atoms with van der Waals surface area (Å²) in [4.78, 5) is 24.7. The smallest absolute Gasteiger partial charge is 0.328 e. The summed E-state index contributed by atoms with van der Waals surface area (Å²) < 4.78 is 6.60. The van der Waals surface area contributed by atoms with E-state index in [-0.39, 0.29) is 11.2 Å². The topological polar surface area (TPSA) is 64.1 Å². The second kappa shape index (κ2) is 2.85. The Balaban J connectivity index is 2.77. The Labute approximate surface area is 74.0 Å². The zero-order chi connectivity index (χ0) is 9.42. The molecule has 1 aliphatic heterocycles. The van der Waals surface area contributed by atoms with Crippen molar-refractivity contribution in [3.63, 3.8) is 0 Å². The maximum absolute atomic E-state index is 11.3. The largest absolute Gasteiger partial charge is 0.375 e. The first kappa shape index (κ1) is 8.25. The average Bonchev–Trinajstić information content (AvgIpc) is 2.15. The summed E-state index contributed by atoms with van der Waals surface area (Å²) in [5, 5.41) is 0. The van der Waals surface area contributed by atoms with Gasteiger partial charge in [-0.05, 0) is 0 Å². The molecule has 0 radical (unpaired) electrons. The van der Waals surface area contributed by atoms with Gasteiger partial charge in [-0.25, -0.2) is 4.79 Å². The number of rotatable bonds is 0. The summed E-state index contributed by atoms with van der Waals surface area (Å²) in [6.07, 6.45) is 0.582. The molecule has 1 aromatic heterocycles. The van der Waals surface area contributed by atoms with Gasteiger partial charge in [0.15, 0.2) is 0 Å². The monoisotopic (exact) mass is 182 g/mol. The second-order valence-corrected chi connectivity index (χ2v) is 3.05. The summed E-state index contributed by atoms with van der Waals surface area (Å²) >= 11 is 0. The van der Waals surface area contributed by atoms with Gasteiger partial charge in [0.05, 0.1) is 18.9 Å². The minimum atomic E-state index is -0.380. The quantitative estimate of drug-likeness (QED) is 0.568. The van der Waals surface area contributed by atoms with Crippen LogP contribution in [0.25, 0.3) is 0 Å². The lowest BCUT2D eigenvalue weighted by Crippen LogP contribution is -2.36. The molecule has 0 fully saturated rings. The highest BCUT2D eigenvalue weighted by Gasteiger charge is 2.16. The van der Waals surface area contributed by atoms with E-state index in [0.717, 1.165) is 0 Å². The molecule has 0 amide bonds. The molecule has 0 unspecified atom stereocenters. The Hall–Kier alpha value is -1.36. The van der Waals surface area contributed by atoms with Gasteiger partial charge < -0.3 is 4.74 Å². The van der Waals surface area contributed by atoms with Crippen LogP contribution in [0.2, 0.25) is 0 Å². The number of aromatic nitrogens is 2. The number of H-pyrrole nitrogens is 1. The molecule has 5 heteroatoms. The predicted octanol–water partition coefficient (Wildman–Crippen LogP) is -0.854. The highest BCUT2D eigenvalue weighted by molar-refractivity contribution is 5.18. The van der Waals surface area contributed by atoms with Crippen molar-refractivity contribution in [1.29, 1.82) is 0 Å². The van der Waals surface area contributed by atoms with E-state index in [1.807, 2.05) is 0 Å². The first-order valence-electron chi connectivity index (χ1n) is 4.09. The van der Waals surface area contributed by atoms with Gasteiger partial charge >= 0.3 is 5.69 Å². The summed E-state index contributed by atoms with van der Waals surface area (Å²) in [7, 11) is 1.63. The van der Waals surface area contributed by atoms with Crippen molar-refractivity contribution < 1.29 is 4.74 Å². The lowest BCUT2D eigenvalue weighted by atomic mass is 10.1. The van der Waals surface area contributed by atoms with Gasteiger partial charge in [-0.15, -0.1) is 0 Å². The Morgan fingerprint density at radius 3 is 3.00 bits per heavy atom. The normalized spacial score (nSPS) is 15.5. The lowest BCUT2D eigenvalue weighted by molar-refractivity contribution is 0.103. The third-order valence-corrected chi connectivity index (χ3v) is 2.29. The molecule has 2 rings (SSSR count). The van der Waals surface area contributed by atoms with Gasteiger partial charge in [0.2, 0.25) is 0 Å². The van der Waals surface area contributed by atoms with Crippen LogP contribution in [-0.2, 0) is 24.8 Å². The molecule has 13 heavy (non-hydrogen) atoms. The van der Waals surface area contributed by atoms with Crippen molar-refractivity contribution in [3.8, 4) is 0 Å². The van der Waals surface area contributed by atoms with E-state index in [9.17, 15) is 9.59 Å². The zero-order valence-electron chi connectivity index (χ0n) is 7.29. The van der Waals surface area contributed by atoms with Crippen LogP contribution in [0.4, 0.5) is 0 Å². The molecule has 70 valence electrons. The maximum Gasteiger partial charge on any atom is 0.328 e. The Morgan fingerprint density at radius 2 is 2.23 bits per heavy atom. The van der Waals surface area contributed by atoms with Gasteiger partial charge in [-0.2, -0.15) is 0 Å². The van der Waals surface area contributed by atoms with Gasteiger partial charge in [0, 0.05) is 19.0 Å². The van der Waals surface area contributed by atoms with E-state index in [0.29, 0.717) is 30.9 Å². The van der Waals surface area contributed by atoms with Crippen LogP contribution in [0.1, 0.15) is 11.3 Å². The fourth-order valence-corrected chi connectivity index (χ4v) is 1.50. The molecule has 1 aliphatic rings. The number of hydrogen-bond acceptors (Lipinski definition) is 3. The second-order valence-electron chi connectivity index (χ2n) is 3.05. The van der Waals surface area contributed by atoms with Crippen molar-refractivity contribution in [3.05, 3.63) is 32.1 Å².